The monoisotopic (exact) mass is 425 g/mol. The summed E-state index contributed by atoms with van der Waals surface area (Å²) in [5.74, 6) is 0.451. The highest BCUT2D eigenvalue weighted by Gasteiger charge is 2.05. The number of hydrogen-bond donors (Lipinski definition) is 2. The number of nitrogens with one attached hydrogen (secondary N) is 1. The largest absolute Gasteiger partial charge is 0.370 e. The van der Waals surface area contributed by atoms with E-state index in [1.807, 2.05) is 19.1 Å². The van der Waals surface area contributed by atoms with E-state index in [9.17, 15) is 8.42 Å². The molecule has 1 rings (SSSR count). The highest BCUT2D eigenvalue weighted by atomic mass is 127. The Morgan fingerprint density at radius 2 is 1.90 bits per heavy atom. The summed E-state index contributed by atoms with van der Waals surface area (Å²) in [5, 5.41) is 3.09. The number of hydrogen-bond acceptors (Lipinski definition) is 3. The van der Waals surface area contributed by atoms with Gasteiger partial charge in [0.25, 0.3) is 0 Å². The van der Waals surface area contributed by atoms with Crippen molar-refractivity contribution in [3.05, 3.63) is 29.8 Å². The van der Waals surface area contributed by atoms with Gasteiger partial charge in [-0.1, -0.05) is 19.1 Å². The van der Waals surface area contributed by atoms with Crippen molar-refractivity contribution in [3.63, 3.8) is 0 Å². The molecule has 120 valence electrons. The SMILES string of the molecule is CCC(C)NC(N)=NCCc1ccc(S(C)(=O)=O)cc1.I. The van der Waals surface area contributed by atoms with Crippen LogP contribution in [-0.2, 0) is 16.3 Å². The van der Waals surface area contributed by atoms with Gasteiger partial charge < -0.3 is 11.1 Å². The smallest absolute Gasteiger partial charge is 0.188 e. The Bertz CT molecular complexity index is 556. The van der Waals surface area contributed by atoms with Crippen molar-refractivity contribution in [2.24, 2.45) is 10.7 Å². The number of nitrogens with zero attached hydrogens (tertiary/aromatic N) is 1. The van der Waals surface area contributed by atoms with E-state index in [0.29, 0.717) is 23.4 Å². The molecule has 21 heavy (non-hydrogen) atoms. The first kappa shape index (κ1) is 20.2. The van der Waals surface area contributed by atoms with E-state index < -0.39 is 9.84 Å². The zero-order chi connectivity index (χ0) is 15.2. The quantitative estimate of drug-likeness (QED) is 0.415. The third kappa shape index (κ3) is 7.66. The van der Waals surface area contributed by atoms with E-state index >= 15 is 0 Å². The van der Waals surface area contributed by atoms with Gasteiger partial charge in [-0.15, -0.1) is 24.0 Å². The van der Waals surface area contributed by atoms with Crippen LogP contribution in [0.2, 0.25) is 0 Å². The van der Waals surface area contributed by atoms with Crippen molar-refractivity contribution in [2.75, 3.05) is 12.8 Å². The van der Waals surface area contributed by atoms with Crippen LogP contribution in [0.4, 0.5) is 0 Å². The molecule has 1 unspecified atom stereocenters. The average Bonchev–Trinajstić information content (AvgIpc) is 2.38. The van der Waals surface area contributed by atoms with Crippen molar-refractivity contribution in [1.82, 2.24) is 5.32 Å². The maximum absolute atomic E-state index is 11.3. The Balaban J connectivity index is 0.00000400. The summed E-state index contributed by atoms with van der Waals surface area (Å²) in [6, 6.07) is 7.17. The third-order valence-corrected chi connectivity index (χ3v) is 4.17. The van der Waals surface area contributed by atoms with Gasteiger partial charge in [-0.25, -0.2) is 8.42 Å². The normalized spacial score (nSPS) is 13.4. The van der Waals surface area contributed by atoms with Gasteiger partial charge in [0.15, 0.2) is 15.8 Å². The molecule has 0 fully saturated rings. The lowest BCUT2D eigenvalue weighted by Crippen LogP contribution is -2.38. The summed E-state index contributed by atoms with van der Waals surface area (Å²) < 4.78 is 22.7. The molecule has 0 saturated heterocycles. The Kier molecular flexibility index (Phi) is 8.88. The first-order valence-electron chi connectivity index (χ1n) is 6.68. The molecule has 0 saturated carbocycles. The minimum atomic E-state index is -3.13. The lowest BCUT2D eigenvalue weighted by atomic mass is 10.1. The van der Waals surface area contributed by atoms with Gasteiger partial charge in [-0.05, 0) is 37.5 Å². The fraction of sp³-hybridized carbons (Fsp3) is 0.500. The first-order valence-corrected chi connectivity index (χ1v) is 8.57. The fourth-order valence-electron chi connectivity index (χ4n) is 1.61. The molecule has 0 spiro atoms. The molecule has 1 aromatic rings. The number of guanidine groups is 1. The van der Waals surface area contributed by atoms with Gasteiger partial charge in [-0.2, -0.15) is 0 Å². The van der Waals surface area contributed by atoms with E-state index in [0.717, 1.165) is 18.4 Å². The molecule has 0 aliphatic carbocycles. The molecule has 0 heterocycles. The predicted molar refractivity (Wildman–Crippen MR) is 98.0 cm³/mol. The third-order valence-electron chi connectivity index (χ3n) is 3.04. The molecule has 5 nitrogen and oxygen atoms in total. The fourth-order valence-corrected chi connectivity index (χ4v) is 2.24. The van der Waals surface area contributed by atoms with Crippen molar-refractivity contribution in [2.45, 2.75) is 37.6 Å². The molecule has 0 radical (unpaired) electrons. The summed E-state index contributed by atoms with van der Waals surface area (Å²) in [5.41, 5.74) is 6.79. The van der Waals surface area contributed by atoms with E-state index in [-0.39, 0.29) is 24.0 Å². The summed E-state index contributed by atoms with van der Waals surface area (Å²) in [6.07, 6.45) is 2.92. The zero-order valence-corrected chi connectivity index (χ0v) is 15.8. The maximum atomic E-state index is 11.3. The molecular weight excluding hydrogens is 401 g/mol. The van der Waals surface area contributed by atoms with Gasteiger partial charge >= 0.3 is 0 Å². The molecule has 0 amide bonds. The minimum Gasteiger partial charge on any atom is -0.370 e. The molecular formula is C14H24IN3O2S. The number of aliphatic imine (C=N–C) groups is 1. The number of halogens is 1. The van der Waals surface area contributed by atoms with E-state index in [4.69, 9.17) is 5.73 Å². The summed E-state index contributed by atoms with van der Waals surface area (Å²) >= 11 is 0. The second-order valence-electron chi connectivity index (χ2n) is 4.89. The second-order valence-corrected chi connectivity index (χ2v) is 6.90. The Morgan fingerprint density at radius 3 is 2.38 bits per heavy atom. The van der Waals surface area contributed by atoms with E-state index in [1.165, 1.54) is 6.26 Å². The van der Waals surface area contributed by atoms with Gasteiger partial charge in [-0.3, -0.25) is 4.99 Å². The van der Waals surface area contributed by atoms with Crippen LogP contribution >= 0.6 is 24.0 Å². The van der Waals surface area contributed by atoms with Crippen molar-refractivity contribution in [3.8, 4) is 0 Å². The van der Waals surface area contributed by atoms with Crippen LogP contribution in [0.3, 0.4) is 0 Å². The molecule has 0 bridgehead atoms. The Morgan fingerprint density at radius 1 is 1.33 bits per heavy atom. The van der Waals surface area contributed by atoms with E-state index in [1.54, 1.807) is 12.1 Å². The van der Waals surface area contributed by atoms with Crippen LogP contribution in [0, 0.1) is 0 Å². The van der Waals surface area contributed by atoms with Gasteiger partial charge in [0.2, 0.25) is 0 Å². The number of nitrogens with two attached hydrogens (primary N) is 1. The molecule has 0 aliphatic rings. The molecule has 1 aromatic carbocycles. The van der Waals surface area contributed by atoms with Crippen LogP contribution in [-0.4, -0.2) is 33.2 Å². The van der Waals surface area contributed by atoms with E-state index in [2.05, 4.69) is 17.2 Å². The second kappa shape index (κ2) is 9.24. The Labute approximate surface area is 144 Å². The van der Waals surface area contributed by atoms with Crippen LogP contribution < -0.4 is 11.1 Å². The first-order chi connectivity index (χ1) is 9.32. The number of sulfone groups is 1. The highest BCUT2D eigenvalue weighted by Crippen LogP contribution is 2.10. The lowest BCUT2D eigenvalue weighted by molar-refractivity contribution is 0.602. The molecule has 1 atom stereocenters. The minimum absolute atomic E-state index is 0. The molecule has 3 N–H and O–H groups in total. The lowest BCUT2D eigenvalue weighted by Gasteiger charge is -2.11. The van der Waals surface area contributed by atoms with Crippen LogP contribution in [0.25, 0.3) is 0 Å². The summed E-state index contributed by atoms with van der Waals surface area (Å²) in [4.78, 5) is 4.58. The number of benzene rings is 1. The summed E-state index contributed by atoms with van der Waals surface area (Å²) in [6.45, 7) is 4.70. The van der Waals surface area contributed by atoms with Crippen molar-refractivity contribution < 1.29 is 8.42 Å². The van der Waals surface area contributed by atoms with Gasteiger partial charge in [0, 0.05) is 18.8 Å². The Hall–Kier alpha value is -0.830. The van der Waals surface area contributed by atoms with Crippen LogP contribution in [0.1, 0.15) is 25.8 Å². The van der Waals surface area contributed by atoms with Gasteiger partial charge in [0.05, 0.1) is 4.90 Å². The molecule has 0 aliphatic heterocycles. The van der Waals surface area contributed by atoms with Crippen molar-refractivity contribution in [1.29, 1.82) is 0 Å². The predicted octanol–water partition coefficient (Wildman–Crippen LogP) is 1.95. The highest BCUT2D eigenvalue weighted by molar-refractivity contribution is 14.0. The topological polar surface area (TPSA) is 84.5 Å². The van der Waals surface area contributed by atoms with Crippen molar-refractivity contribution >= 4 is 39.8 Å². The van der Waals surface area contributed by atoms with Crippen LogP contribution in [0.5, 0.6) is 0 Å². The standard InChI is InChI=1S/C14H23N3O2S.HI/c1-4-11(2)17-14(15)16-10-9-12-5-7-13(8-6-12)20(3,18)19;/h5-8,11H,4,9-10H2,1-3H3,(H3,15,16,17);1H. The average molecular weight is 425 g/mol. The van der Waals surface area contributed by atoms with Crippen LogP contribution in [0.15, 0.2) is 34.2 Å². The van der Waals surface area contributed by atoms with Gasteiger partial charge in [0.1, 0.15) is 0 Å². The molecule has 7 heteroatoms. The molecule has 0 aromatic heterocycles. The number of rotatable bonds is 6. The maximum Gasteiger partial charge on any atom is 0.188 e. The zero-order valence-electron chi connectivity index (χ0n) is 12.7. The summed E-state index contributed by atoms with van der Waals surface area (Å²) in [7, 11) is -3.13.